The second-order valence-corrected chi connectivity index (χ2v) is 8.78. The van der Waals surface area contributed by atoms with Crippen molar-refractivity contribution in [2.75, 3.05) is 6.54 Å². The molecule has 1 aromatic carbocycles. The van der Waals surface area contributed by atoms with Gasteiger partial charge in [0.05, 0.1) is 24.2 Å². The van der Waals surface area contributed by atoms with Crippen molar-refractivity contribution in [1.82, 2.24) is 15.4 Å². The third-order valence-corrected chi connectivity index (χ3v) is 6.24. The number of furan rings is 1. The molecule has 156 valence electrons. The number of hydrogen-bond acceptors (Lipinski definition) is 5. The van der Waals surface area contributed by atoms with Gasteiger partial charge in [-0.1, -0.05) is 19.3 Å². The quantitative estimate of drug-likeness (QED) is 0.604. The Morgan fingerprint density at radius 2 is 1.76 bits per heavy atom. The monoisotopic (exact) mass is 419 g/mol. The Balaban J connectivity index is 1.49. The average Bonchev–Trinajstić information content (AvgIpc) is 3.25. The lowest BCUT2D eigenvalue weighted by molar-refractivity contribution is -0.121. The third kappa shape index (κ3) is 6.16. The van der Waals surface area contributed by atoms with Gasteiger partial charge in [-0.3, -0.25) is 9.59 Å². The Morgan fingerprint density at radius 3 is 2.41 bits per heavy atom. The maximum absolute atomic E-state index is 12.3. The molecular formula is C20H25N3O5S. The van der Waals surface area contributed by atoms with E-state index in [1.54, 1.807) is 12.1 Å². The highest BCUT2D eigenvalue weighted by atomic mass is 32.2. The molecule has 3 N–H and O–H groups in total. The first-order chi connectivity index (χ1) is 13.9. The van der Waals surface area contributed by atoms with E-state index in [-0.39, 0.29) is 35.5 Å². The molecule has 1 aromatic heterocycles. The molecule has 0 saturated heterocycles. The maximum atomic E-state index is 12.3. The molecule has 8 nitrogen and oxygen atoms in total. The summed E-state index contributed by atoms with van der Waals surface area (Å²) in [7, 11) is -3.73. The van der Waals surface area contributed by atoms with Gasteiger partial charge in [-0.15, -0.1) is 0 Å². The van der Waals surface area contributed by atoms with Crippen LogP contribution in [0.25, 0.3) is 0 Å². The molecule has 0 radical (unpaired) electrons. The van der Waals surface area contributed by atoms with Crippen molar-refractivity contribution in [2.24, 2.45) is 0 Å². The second-order valence-electron chi connectivity index (χ2n) is 7.01. The minimum absolute atomic E-state index is 0.0354. The van der Waals surface area contributed by atoms with Crippen LogP contribution < -0.4 is 15.4 Å². The summed E-state index contributed by atoms with van der Waals surface area (Å²) >= 11 is 0. The molecule has 0 atom stereocenters. The van der Waals surface area contributed by atoms with Gasteiger partial charge >= 0.3 is 0 Å². The number of rotatable bonds is 8. The normalized spacial score (nSPS) is 15.0. The summed E-state index contributed by atoms with van der Waals surface area (Å²) in [5.41, 5.74) is 0.278. The summed E-state index contributed by atoms with van der Waals surface area (Å²) in [5.74, 6) is -0.154. The van der Waals surface area contributed by atoms with Gasteiger partial charge in [-0.2, -0.15) is 0 Å². The largest absolute Gasteiger partial charge is 0.468 e. The zero-order valence-electron chi connectivity index (χ0n) is 16.0. The zero-order chi connectivity index (χ0) is 20.7. The maximum Gasteiger partial charge on any atom is 0.251 e. The van der Waals surface area contributed by atoms with Gasteiger partial charge in [0.25, 0.3) is 5.91 Å². The molecule has 2 aromatic rings. The number of hydrogen-bond donors (Lipinski definition) is 3. The lowest BCUT2D eigenvalue weighted by Crippen LogP contribution is -2.42. The summed E-state index contributed by atoms with van der Waals surface area (Å²) in [6.45, 7) is -0.0756. The van der Waals surface area contributed by atoms with E-state index in [1.165, 1.54) is 36.9 Å². The van der Waals surface area contributed by atoms with Gasteiger partial charge < -0.3 is 15.1 Å². The van der Waals surface area contributed by atoms with Crippen molar-refractivity contribution >= 4 is 21.8 Å². The second kappa shape index (κ2) is 9.71. The summed E-state index contributed by atoms with van der Waals surface area (Å²) in [5, 5.41) is 5.49. The number of sulfonamides is 1. The van der Waals surface area contributed by atoms with Crippen LogP contribution in [0.2, 0.25) is 0 Å². The average molecular weight is 420 g/mol. The molecule has 0 unspecified atom stereocenters. The predicted octanol–water partition coefficient (Wildman–Crippen LogP) is 1.94. The lowest BCUT2D eigenvalue weighted by atomic mass is 9.95. The highest BCUT2D eigenvalue weighted by Gasteiger charge is 2.17. The van der Waals surface area contributed by atoms with Crippen LogP contribution in [0.15, 0.2) is 52.0 Å². The summed E-state index contributed by atoms with van der Waals surface area (Å²) < 4.78 is 32.1. The summed E-state index contributed by atoms with van der Waals surface area (Å²) in [6, 6.07) is 9.05. The third-order valence-electron chi connectivity index (χ3n) is 4.82. The molecule has 1 aliphatic carbocycles. The molecule has 0 spiro atoms. The topological polar surface area (TPSA) is 118 Å². The van der Waals surface area contributed by atoms with Crippen LogP contribution in [0.5, 0.6) is 0 Å². The molecule has 2 amide bonds. The first-order valence-corrected chi connectivity index (χ1v) is 11.1. The van der Waals surface area contributed by atoms with E-state index in [4.69, 9.17) is 4.42 Å². The molecule has 1 fully saturated rings. The van der Waals surface area contributed by atoms with E-state index in [0.29, 0.717) is 5.76 Å². The van der Waals surface area contributed by atoms with E-state index < -0.39 is 15.9 Å². The van der Waals surface area contributed by atoms with Gasteiger partial charge in [-0.25, -0.2) is 13.1 Å². The van der Waals surface area contributed by atoms with E-state index in [0.717, 1.165) is 25.7 Å². The Kier molecular flexibility index (Phi) is 7.05. The summed E-state index contributed by atoms with van der Waals surface area (Å²) in [4.78, 5) is 24.2. The van der Waals surface area contributed by atoms with Crippen molar-refractivity contribution in [1.29, 1.82) is 0 Å². The first-order valence-electron chi connectivity index (χ1n) is 9.64. The number of carbonyl (C=O) groups excluding carboxylic acids is 2. The Morgan fingerprint density at radius 1 is 1.03 bits per heavy atom. The molecule has 1 saturated carbocycles. The van der Waals surface area contributed by atoms with Crippen molar-refractivity contribution in [3.8, 4) is 0 Å². The van der Waals surface area contributed by atoms with Crippen molar-refractivity contribution in [2.45, 2.75) is 49.6 Å². The highest BCUT2D eigenvalue weighted by molar-refractivity contribution is 7.89. The van der Waals surface area contributed by atoms with Crippen LogP contribution in [0.1, 0.15) is 48.2 Å². The van der Waals surface area contributed by atoms with Crippen LogP contribution in [-0.2, 0) is 21.4 Å². The van der Waals surface area contributed by atoms with Gasteiger partial charge in [0, 0.05) is 11.6 Å². The summed E-state index contributed by atoms with van der Waals surface area (Å²) in [6.07, 6.45) is 6.85. The fourth-order valence-electron chi connectivity index (χ4n) is 3.24. The standard InChI is InChI=1S/C20H25N3O5S/c24-19(23-16-5-2-1-3-6-16)14-21-20(25)15-8-10-18(11-9-15)29(26,27)22-13-17-7-4-12-28-17/h4,7-12,16,22H,1-3,5-6,13-14H2,(H,21,25)(H,23,24). The molecule has 29 heavy (non-hydrogen) atoms. The van der Waals surface area contributed by atoms with Crippen LogP contribution in [0, 0.1) is 0 Å². The Labute approximate surface area is 170 Å². The smallest absolute Gasteiger partial charge is 0.251 e. The van der Waals surface area contributed by atoms with E-state index >= 15 is 0 Å². The molecule has 0 bridgehead atoms. The number of amides is 2. The minimum atomic E-state index is -3.73. The molecule has 9 heteroatoms. The van der Waals surface area contributed by atoms with Gasteiger partial charge in [0.2, 0.25) is 15.9 Å². The van der Waals surface area contributed by atoms with Gasteiger partial charge in [0.1, 0.15) is 5.76 Å². The van der Waals surface area contributed by atoms with Crippen LogP contribution in [0.4, 0.5) is 0 Å². The number of nitrogens with one attached hydrogen (secondary N) is 3. The molecule has 3 rings (SSSR count). The van der Waals surface area contributed by atoms with Gasteiger partial charge in [-0.05, 0) is 49.2 Å². The van der Waals surface area contributed by atoms with Crippen LogP contribution in [0.3, 0.4) is 0 Å². The van der Waals surface area contributed by atoms with Crippen LogP contribution >= 0.6 is 0 Å². The van der Waals surface area contributed by atoms with Crippen molar-refractivity contribution in [3.63, 3.8) is 0 Å². The van der Waals surface area contributed by atoms with Crippen molar-refractivity contribution < 1.29 is 22.4 Å². The molecule has 0 aliphatic heterocycles. The fourth-order valence-corrected chi connectivity index (χ4v) is 4.23. The first kappa shape index (κ1) is 21.1. The number of benzene rings is 1. The Bertz CT molecular complexity index is 918. The SMILES string of the molecule is O=C(CNC(=O)c1ccc(S(=O)(=O)NCc2ccco2)cc1)NC1CCCCC1. The van der Waals surface area contributed by atoms with E-state index in [2.05, 4.69) is 15.4 Å². The minimum Gasteiger partial charge on any atom is -0.468 e. The molecule has 1 aliphatic rings. The highest BCUT2D eigenvalue weighted by Crippen LogP contribution is 2.17. The molecular weight excluding hydrogens is 394 g/mol. The fraction of sp³-hybridized carbons (Fsp3) is 0.400. The van der Waals surface area contributed by atoms with Crippen LogP contribution in [-0.4, -0.2) is 32.8 Å². The van der Waals surface area contributed by atoms with Gasteiger partial charge in [0.15, 0.2) is 0 Å². The molecule has 1 heterocycles. The van der Waals surface area contributed by atoms with E-state index in [9.17, 15) is 18.0 Å². The van der Waals surface area contributed by atoms with E-state index in [1.807, 2.05) is 0 Å². The number of carbonyl (C=O) groups is 2. The lowest BCUT2D eigenvalue weighted by Gasteiger charge is -2.22. The van der Waals surface area contributed by atoms with Crippen molar-refractivity contribution in [3.05, 3.63) is 54.0 Å². The Hall–Kier alpha value is -2.65. The zero-order valence-corrected chi connectivity index (χ0v) is 16.8. The predicted molar refractivity (Wildman–Crippen MR) is 107 cm³/mol.